The number of unbranched alkanes of at least 4 members (excludes halogenated alkanes) is 1. The van der Waals surface area contributed by atoms with Crippen LogP contribution in [0.15, 0.2) is 54.7 Å². The lowest BCUT2D eigenvalue weighted by Crippen LogP contribution is -2.44. The second kappa shape index (κ2) is 12.5. The Kier molecular flexibility index (Phi) is 9.19. The summed E-state index contributed by atoms with van der Waals surface area (Å²) in [6.45, 7) is 2.36. The summed E-state index contributed by atoms with van der Waals surface area (Å²) in [7, 11) is 1.62. The van der Waals surface area contributed by atoms with Gasteiger partial charge in [-0.2, -0.15) is 0 Å². The lowest BCUT2D eigenvalue weighted by molar-refractivity contribution is -0.146. The van der Waals surface area contributed by atoms with E-state index in [1.54, 1.807) is 13.3 Å². The lowest BCUT2D eigenvalue weighted by atomic mass is 9.81. The third-order valence-electron chi connectivity index (χ3n) is 7.44. The zero-order valence-corrected chi connectivity index (χ0v) is 21.5. The molecule has 2 aromatic carbocycles. The number of fused-ring (bicyclic) bond motifs is 1. The van der Waals surface area contributed by atoms with Crippen LogP contribution in [-0.4, -0.2) is 52.8 Å². The van der Waals surface area contributed by atoms with Crippen LogP contribution < -0.4 is 4.74 Å². The van der Waals surface area contributed by atoms with Crippen molar-refractivity contribution in [1.29, 1.82) is 0 Å². The molecule has 1 aromatic heterocycles. The molecular formula is C29H35ClN2O4. The highest BCUT2D eigenvalue weighted by molar-refractivity contribution is 6.31. The Bertz CT molecular complexity index is 1170. The van der Waals surface area contributed by atoms with Crippen molar-refractivity contribution in [1.82, 2.24) is 9.88 Å². The van der Waals surface area contributed by atoms with Gasteiger partial charge in [-0.25, -0.2) is 0 Å². The van der Waals surface area contributed by atoms with Crippen molar-refractivity contribution in [3.05, 3.63) is 70.9 Å². The van der Waals surface area contributed by atoms with E-state index in [9.17, 15) is 15.0 Å². The third kappa shape index (κ3) is 6.55. The van der Waals surface area contributed by atoms with Crippen LogP contribution in [0, 0.1) is 11.8 Å². The molecule has 0 saturated carbocycles. The molecule has 0 radical (unpaired) electrons. The van der Waals surface area contributed by atoms with Gasteiger partial charge in [0.25, 0.3) is 0 Å². The number of piperidine rings is 1. The minimum Gasteiger partial charge on any atom is -0.497 e. The van der Waals surface area contributed by atoms with Crippen LogP contribution in [0.3, 0.4) is 0 Å². The number of rotatable bonds is 11. The number of benzene rings is 2. The number of carboxylic acid groups (broad SMARTS) is 1. The fourth-order valence-electron chi connectivity index (χ4n) is 5.34. The number of aliphatic hydroxyl groups is 1. The largest absolute Gasteiger partial charge is 0.497 e. The summed E-state index contributed by atoms with van der Waals surface area (Å²) in [4.78, 5) is 18.8. The summed E-state index contributed by atoms with van der Waals surface area (Å²) >= 11 is 6.25. The average molecular weight is 511 g/mol. The summed E-state index contributed by atoms with van der Waals surface area (Å²) in [5.41, 5.74) is 2.78. The molecular weight excluding hydrogens is 476 g/mol. The molecule has 1 fully saturated rings. The van der Waals surface area contributed by atoms with Gasteiger partial charge in [-0.15, -0.1) is 0 Å². The molecule has 1 unspecified atom stereocenters. The molecule has 3 aromatic rings. The SMILES string of the molecule is COc1ccc2nccc(C(O)CC[C@@H]3CCN(CCCCc4ccccc4Cl)C[C@@H]3C(=O)O)c2c1. The fourth-order valence-corrected chi connectivity index (χ4v) is 5.57. The third-order valence-corrected chi connectivity index (χ3v) is 7.81. The number of likely N-dealkylation sites (tertiary alicyclic amines) is 1. The van der Waals surface area contributed by atoms with Crippen LogP contribution in [0.2, 0.25) is 5.02 Å². The first-order chi connectivity index (χ1) is 17.5. The van der Waals surface area contributed by atoms with Crippen molar-refractivity contribution in [3.8, 4) is 5.75 Å². The van der Waals surface area contributed by atoms with Crippen molar-refractivity contribution in [3.63, 3.8) is 0 Å². The summed E-state index contributed by atoms with van der Waals surface area (Å²) < 4.78 is 5.34. The molecule has 1 aliphatic rings. The van der Waals surface area contributed by atoms with Gasteiger partial charge >= 0.3 is 5.97 Å². The van der Waals surface area contributed by atoms with E-state index in [4.69, 9.17) is 16.3 Å². The predicted molar refractivity (Wildman–Crippen MR) is 143 cm³/mol. The van der Waals surface area contributed by atoms with Gasteiger partial charge in [-0.3, -0.25) is 9.78 Å². The zero-order valence-electron chi connectivity index (χ0n) is 20.8. The van der Waals surface area contributed by atoms with Crippen molar-refractivity contribution >= 4 is 28.5 Å². The highest BCUT2D eigenvalue weighted by atomic mass is 35.5. The maximum absolute atomic E-state index is 12.1. The Balaban J connectivity index is 1.30. The first kappa shape index (κ1) is 26.4. The van der Waals surface area contributed by atoms with Crippen molar-refractivity contribution in [2.75, 3.05) is 26.7 Å². The van der Waals surface area contributed by atoms with Gasteiger partial charge in [0, 0.05) is 23.2 Å². The van der Waals surface area contributed by atoms with Crippen molar-refractivity contribution in [2.24, 2.45) is 11.8 Å². The van der Waals surface area contributed by atoms with E-state index < -0.39 is 18.0 Å². The molecule has 192 valence electrons. The first-order valence-electron chi connectivity index (χ1n) is 12.8. The molecule has 6 nitrogen and oxygen atoms in total. The number of aromatic nitrogens is 1. The molecule has 3 atom stereocenters. The first-order valence-corrected chi connectivity index (χ1v) is 13.1. The Morgan fingerprint density at radius 2 is 2.06 bits per heavy atom. The Morgan fingerprint density at radius 3 is 2.83 bits per heavy atom. The minimum absolute atomic E-state index is 0.0548. The van der Waals surface area contributed by atoms with Gasteiger partial charge in [0.15, 0.2) is 0 Å². The van der Waals surface area contributed by atoms with E-state index in [1.165, 1.54) is 5.56 Å². The molecule has 1 aliphatic heterocycles. The number of aryl methyl sites for hydroxylation is 1. The topological polar surface area (TPSA) is 82.9 Å². The summed E-state index contributed by atoms with van der Waals surface area (Å²) in [5, 5.41) is 22.6. The summed E-state index contributed by atoms with van der Waals surface area (Å²) in [6.07, 6.45) is 6.02. The number of aliphatic carboxylic acids is 1. The van der Waals surface area contributed by atoms with E-state index in [2.05, 4.69) is 16.0 Å². The Labute approximate surface area is 217 Å². The molecule has 0 spiro atoms. The van der Waals surface area contributed by atoms with Gasteiger partial charge in [0.1, 0.15) is 5.75 Å². The van der Waals surface area contributed by atoms with Crippen LogP contribution in [0.4, 0.5) is 0 Å². The highest BCUT2D eigenvalue weighted by Crippen LogP contribution is 2.34. The number of methoxy groups -OCH3 is 1. The molecule has 0 aliphatic carbocycles. The maximum Gasteiger partial charge on any atom is 0.308 e. The molecule has 7 heteroatoms. The van der Waals surface area contributed by atoms with Crippen LogP contribution in [0.25, 0.3) is 10.9 Å². The predicted octanol–water partition coefficient (Wildman–Crippen LogP) is 5.76. The number of hydrogen-bond donors (Lipinski definition) is 2. The minimum atomic E-state index is -0.741. The van der Waals surface area contributed by atoms with Crippen LogP contribution >= 0.6 is 11.6 Å². The Morgan fingerprint density at radius 1 is 1.22 bits per heavy atom. The number of nitrogens with zero attached hydrogens (tertiary/aromatic N) is 2. The molecule has 1 saturated heterocycles. The molecule has 2 N–H and O–H groups in total. The number of aliphatic hydroxyl groups excluding tert-OH is 1. The maximum atomic E-state index is 12.1. The lowest BCUT2D eigenvalue weighted by Gasteiger charge is -2.37. The van der Waals surface area contributed by atoms with Gasteiger partial charge < -0.3 is 19.8 Å². The van der Waals surface area contributed by atoms with Crippen molar-refractivity contribution < 1.29 is 19.7 Å². The van der Waals surface area contributed by atoms with Gasteiger partial charge in [0.2, 0.25) is 0 Å². The Hall–Kier alpha value is -2.67. The van der Waals surface area contributed by atoms with Crippen molar-refractivity contribution in [2.45, 2.75) is 44.6 Å². The zero-order chi connectivity index (χ0) is 25.5. The number of pyridine rings is 1. The molecule has 0 amide bonds. The standard InChI is InChI=1S/C29H35ClN2O4/c1-36-22-10-11-27-24(18-22)23(13-15-31-27)28(33)12-9-20-14-17-32(19-25(20)29(34)35)16-5-4-7-21-6-2-3-8-26(21)30/h2-3,6,8,10-11,13,15,18,20,25,28,33H,4-5,7,9,12,14,16-17,19H2,1H3,(H,34,35)/t20-,25+,28?/m1/s1. The van der Waals surface area contributed by atoms with Gasteiger partial charge in [0.05, 0.1) is 24.6 Å². The summed E-state index contributed by atoms with van der Waals surface area (Å²) in [6, 6.07) is 15.4. The molecule has 2 heterocycles. The number of ether oxygens (including phenoxy) is 1. The molecule has 4 rings (SSSR count). The smallest absolute Gasteiger partial charge is 0.308 e. The van der Waals surface area contributed by atoms with E-state index in [-0.39, 0.29) is 5.92 Å². The monoisotopic (exact) mass is 510 g/mol. The fraction of sp³-hybridized carbons (Fsp3) is 0.448. The second-order valence-corrected chi connectivity index (χ2v) is 10.1. The number of halogens is 1. The normalized spacial score (nSPS) is 19.3. The van der Waals surface area contributed by atoms with E-state index in [0.717, 1.165) is 60.3 Å². The van der Waals surface area contributed by atoms with Gasteiger partial charge in [-0.1, -0.05) is 29.8 Å². The van der Waals surface area contributed by atoms with Gasteiger partial charge in [-0.05, 0) is 99.0 Å². The number of carboxylic acids is 1. The van der Waals surface area contributed by atoms with E-state index in [0.29, 0.717) is 25.1 Å². The average Bonchev–Trinajstić information content (AvgIpc) is 2.90. The van der Waals surface area contributed by atoms with Crippen LogP contribution in [-0.2, 0) is 11.2 Å². The number of hydrogen-bond acceptors (Lipinski definition) is 5. The highest BCUT2D eigenvalue weighted by Gasteiger charge is 2.34. The van der Waals surface area contributed by atoms with Crippen LogP contribution in [0.5, 0.6) is 5.75 Å². The molecule has 36 heavy (non-hydrogen) atoms. The van der Waals surface area contributed by atoms with E-state index in [1.807, 2.05) is 42.5 Å². The number of carbonyl (C=O) groups is 1. The quantitative estimate of drug-likeness (QED) is 0.319. The van der Waals surface area contributed by atoms with E-state index >= 15 is 0 Å². The molecule has 0 bridgehead atoms. The van der Waals surface area contributed by atoms with Crippen LogP contribution in [0.1, 0.15) is 49.3 Å². The second-order valence-electron chi connectivity index (χ2n) is 9.72. The summed E-state index contributed by atoms with van der Waals surface area (Å²) in [5.74, 6) is -0.383.